The molecule has 0 spiro atoms. The molecule has 0 aliphatic rings. The Morgan fingerprint density at radius 1 is 1.33 bits per heavy atom. The molecule has 0 aliphatic carbocycles. The molecule has 1 amide bonds. The number of unbranched alkanes of at least 4 members (excludes halogenated alkanes) is 2. The fourth-order valence-corrected chi connectivity index (χ4v) is 2.43. The fourth-order valence-electron chi connectivity index (χ4n) is 1.77. The maximum Gasteiger partial charge on any atom is 0.257 e. The number of amides is 1. The first-order valence-electron chi connectivity index (χ1n) is 6.92. The summed E-state index contributed by atoms with van der Waals surface area (Å²) in [5.74, 6) is 1.59. The lowest BCUT2D eigenvalue weighted by molar-refractivity contribution is -0.123. The fraction of sp³-hybridized carbons (Fsp3) is 0.467. The van der Waals surface area contributed by atoms with Crippen LogP contribution in [0.5, 0.6) is 5.75 Å². The van der Waals surface area contributed by atoms with E-state index in [4.69, 9.17) is 22.7 Å². The van der Waals surface area contributed by atoms with E-state index in [-0.39, 0.29) is 17.5 Å². The number of carbonyl (C=O) groups is 1. The van der Waals surface area contributed by atoms with Crippen LogP contribution in [-0.4, -0.2) is 36.1 Å². The molecule has 1 aromatic rings. The van der Waals surface area contributed by atoms with Crippen molar-refractivity contribution in [3.63, 3.8) is 0 Å². The number of nitrogens with two attached hydrogens (primary N) is 1. The minimum atomic E-state index is -0.127. The average molecular weight is 326 g/mol. The molecule has 1 rings (SSSR count). The molecule has 21 heavy (non-hydrogen) atoms. The van der Waals surface area contributed by atoms with Gasteiger partial charge in [0, 0.05) is 6.54 Å². The van der Waals surface area contributed by atoms with Gasteiger partial charge in [-0.25, -0.2) is 0 Å². The Morgan fingerprint density at radius 2 is 2.10 bits per heavy atom. The molecule has 116 valence electrons. The van der Waals surface area contributed by atoms with Crippen LogP contribution in [0.3, 0.4) is 0 Å². The molecule has 0 atom stereocenters. The van der Waals surface area contributed by atoms with E-state index in [0.29, 0.717) is 17.9 Å². The minimum absolute atomic E-state index is 0.0234. The van der Waals surface area contributed by atoms with Gasteiger partial charge in [0.25, 0.3) is 5.91 Å². The van der Waals surface area contributed by atoms with Crippen molar-refractivity contribution < 1.29 is 9.53 Å². The van der Waals surface area contributed by atoms with Gasteiger partial charge in [-0.2, -0.15) is 11.8 Å². The highest BCUT2D eigenvalue weighted by Gasteiger charge is 2.07. The first-order valence-corrected chi connectivity index (χ1v) is 8.72. The van der Waals surface area contributed by atoms with Gasteiger partial charge in [0.2, 0.25) is 0 Å². The monoisotopic (exact) mass is 326 g/mol. The van der Waals surface area contributed by atoms with Crippen LogP contribution in [0.1, 0.15) is 24.8 Å². The topological polar surface area (TPSA) is 64.3 Å². The predicted octanol–water partition coefficient (Wildman–Crippen LogP) is 2.35. The molecular formula is C15H22N2O2S2. The zero-order chi connectivity index (χ0) is 15.5. The lowest BCUT2D eigenvalue weighted by Gasteiger charge is -2.10. The van der Waals surface area contributed by atoms with Crippen LogP contribution >= 0.6 is 24.0 Å². The van der Waals surface area contributed by atoms with Crippen LogP contribution in [0.2, 0.25) is 0 Å². The Balaban J connectivity index is 2.26. The third-order valence-electron chi connectivity index (χ3n) is 2.86. The first-order chi connectivity index (χ1) is 10.1. The second-order valence-electron chi connectivity index (χ2n) is 4.55. The van der Waals surface area contributed by atoms with E-state index in [9.17, 15) is 4.79 Å². The number of benzene rings is 1. The number of thiocarbonyl (C=S) groups is 1. The quantitative estimate of drug-likeness (QED) is 0.510. The highest BCUT2D eigenvalue weighted by Crippen LogP contribution is 2.17. The minimum Gasteiger partial charge on any atom is -0.483 e. The number of carbonyl (C=O) groups excluding carboxylic acids is 1. The molecule has 4 nitrogen and oxygen atoms in total. The van der Waals surface area contributed by atoms with Gasteiger partial charge >= 0.3 is 0 Å². The SMILES string of the molecule is CSCCCCCNC(=O)COc1ccccc1C(N)=S. The Hall–Kier alpha value is -1.27. The van der Waals surface area contributed by atoms with Crippen molar-refractivity contribution in [2.45, 2.75) is 19.3 Å². The van der Waals surface area contributed by atoms with Gasteiger partial charge in [0.1, 0.15) is 10.7 Å². The zero-order valence-electron chi connectivity index (χ0n) is 12.3. The number of hydrogen-bond donors (Lipinski definition) is 2. The normalized spacial score (nSPS) is 10.1. The number of hydrogen-bond acceptors (Lipinski definition) is 4. The maximum absolute atomic E-state index is 11.7. The van der Waals surface area contributed by atoms with Gasteiger partial charge in [-0.15, -0.1) is 0 Å². The van der Waals surface area contributed by atoms with Crippen molar-refractivity contribution >= 4 is 34.9 Å². The van der Waals surface area contributed by atoms with E-state index in [0.717, 1.165) is 12.8 Å². The third kappa shape index (κ3) is 7.34. The van der Waals surface area contributed by atoms with E-state index in [1.54, 1.807) is 12.1 Å². The molecule has 0 aliphatic heterocycles. The molecule has 6 heteroatoms. The average Bonchev–Trinajstić information content (AvgIpc) is 2.49. The summed E-state index contributed by atoms with van der Waals surface area (Å²) in [5.41, 5.74) is 6.26. The standard InChI is InChI=1S/C15H22N2O2S2/c1-21-10-6-2-5-9-17-14(18)11-19-13-8-4-3-7-12(13)15(16)20/h3-4,7-8H,2,5-6,9-11H2,1H3,(H2,16,20)(H,17,18). The van der Waals surface area contributed by atoms with Gasteiger partial charge in [-0.3, -0.25) is 4.79 Å². The smallest absolute Gasteiger partial charge is 0.257 e. The zero-order valence-corrected chi connectivity index (χ0v) is 13.9. The molecule has 1 aromatic carbocycles. The van der Waals surface area contributed by atoms with Crippen LogP contribution in [0.25, 0.3) is 0 Å². The second-order valence-corrected chi connectivity index (χ2v) is 5.98. The van der Waals surface area contributed by atoms with E-state index in [1.807, 2.05) is 23.9 Å². The Kier molecular flexibility index (Phi) is 8.85. The number of thioether (sulfide) groups is 1. The molecule has 0 aromatic heterocycles. The van der Waals surface area contributed by atoms with Crippen LogP contribution in [0, 0.1) is 0 Å². The Bertz CT molecular complexity index is 467. The van der Waals surface area contributed by atoms with Crippen molar-refractivity contribution in [1.82, 2.24) is 5.32 Å². The molecule has 0 radical (unpaired) electrons. The van der Waals surface area contributed by atoms with E-state index >= 15 is 0 Å². The number of nitrogens with one attached hydrogen (secondary N) is 1. The van der Waals surface area contributed by atoms with E-state index in [1.165, 1.54) is 12.2 Å². The molecule has 0 saturated carbocycles. The number of ether oxygens (including phenoxy) is 1. The summed E-state index contributed by atoms with van der Waals surface area (Å²) >= 11 is 6.79. The van der Waals surface area contributed by atoms with Gasteiger partial charge in [-0.05, 0) is 37.0 Å². The Labute approximate surface area is 135 Å². The molecule has 0 unspecified atom stereocenters. The van der Waals surface area contributed by atoms with Gasteiger partial charge in [0.05, 0.1) is 5.56 Å². The summed E-state index contributed by atoms with van der Waals surface area (Å²) in [5, 5.41) is 2.84. The highest BCUT2D eigenvalue weighted by atomic mass is 32.2. The lowest BCUT2D eigenvalue weighted by Crippen LogP contribution is -2.30. The van der Waals surface area contributed by atoms with Crippen LogP contribution in [0.4, 0.5) is 0 Å². The molecular weight excluding hydrogens is 304 g/mol. The summed E-state index contributed by atoms with van der Waals surface area (Å²) in [4.78, 5) is 11.9. The molecule has 0 bridgehead atoms. The Morgan fingerprint density at radius 3 is 2.81 bits per heavy atom. The highest BCUT2D eigenvalue weighted by molar-refractivity contribution is 7.98. The van der Waals surface area contributed by atoms with Gasteiger partial charge in [-0.1, -0.05) is 30.8 Å². The summed E-state index contributed by atoms with van der Waals surface area (Å²) < 4.78 is 5.47. The predicted molar refractivity (Wildman–Crippen MR) is 93.1 cm³/mol. The van der Waals surface area contributed by atoms with Crippen LogP contribution in [-0.2, 0) is 4.79 Å². The van der Waals surface area contributed by atoms with Gasteiger partial charge in [0.15, 0.2) is 6.61 Å². The lowest BCUT2D eigenvalue weighted by atomic mass is 10.2. The van der Waals surface area contributed by atoms with Crippen molar-refractivity contribution in [2.75, 3.05) is 25.2 Å². The molecule has 0 saturated heterocycles. The first kappa shape index (κ1) is 17.8. The number of para-hydroxylation sites is 1. The largest absolute Gasteiger partial charge is 0.483 e. The summed E-state index contributed by atoms with van der Waals surface area (Å²) in [6.07, 6.45) is 5.42. The van der Waals surface area contributed by atoms with E-state index in [2.05, 4.69) is 11.6 Å². The maximum atomic E-state index is 11.7. The van der Waals surface area contributed by atoms with Crippen molar-refractivity contribution in [1.29, 1.82) is 0 Å². The summed E-state index contributed by atoms with van der Waals surface area (Å²) in [7, 11) is 0. The second kappa shape index (κ2) is 10.5. The third-order valence-corrected chi connectivity index (χ3v) is 3.78. The van der Waals surface area contributed by atoms with Crippen molar-refractivity contribution in [3.05, 3.63) is 29.8 Å². The van der Waals surface area contributed by atoms with Crippen LogP contribution in [0.15, 0.2) is 24.3 Å². The number of rotatable bonds is 10. The van der Waals surface area contributed by atoms with Crippen molar-refractivity contribution in [2.24, 2.45) is 5.73 Å². The van der Waals surface area contributed by atoms with Gasteiger partial charge < -0.3 is 15.8 Å². The van der Waals surface area contributed by atoms with Crippen LogP contribution < -0.4 is 15.8 Å². The van der Waals surface area contributed by atoms with Crippen molar-refractivity contribution in [3.8, 4) is 5.75 Å². The van der Waals surface area contributed by atoms with E-state index < -0.39 is 0 Å². The molecule has 0 heterocycles. The summed E-state index contributed by atoms with van der Waals surface area (Å²) in [6.45, 7) is 0.665. The molecule has 3 N–H and O–H groups in total. The molecule has 0 fully saturated rings. The summed E-state index contributed by atoms with van der Waals surface area (Å²) in [6, 6.07) is 7.18.